The van der Waals surface area contributed by atoms with Crippen LogP contribution in [0.25, 0.3) is 11.0 Å². The summed E-state index contributed by atoms with van der Waals surface area (Å²) in [6.07, 6.45) is 7.64. The molecule has 21 heavy (non-hydrogen) atoms. The zero-order valence-electron chi connectivity index (χ0n) is 12.5. The first kappa shape index (κ1) is 15.6. The molecule has 1 fully saturated rings. The summed E-state index contributed by atoms with van der Waals surface area (Å²) in [6, 6.07) is 6.57. The standard InChI is InChI=1S/C17H22ClIN2/c1-17(8-3-2-4-9-17)12-21-15-6-5-13(19)11-14(15)20-16(21)7-10-18/h5-6,11H,2-4,7-10,12H2,1H3. The maximum absolute atomic E-state index is 5.99. The summed E-state index contributed by atoms with van der Waals surface area (Å²) in [7, 11) is 0. The summed E-state index contributed by atoms with van der Waals surface area (Å²) in [6.45, 7) is 3.52. The predicted octanol–water partition coefficient (Wildman–Crippen LogP) is 5.39. The largest absolute Gasteiger partial charge is 0.327 e. The average molecular weight is 417 g/mol. The summed E-state index contributed by atoms with van der Waals surface area (Å²) in [5, 5.41) is 0. The summed E-state index contributed by atoms with van der Waals surface area (Å²) >= 11 is 8.34. The van der Waals surface area contributed by atoms with E-state index in [1.807, 2.05) is 0 Å². The fourth-order valence-corrected chi connectivity index (χ4v) is 4.19. The molecule has 0 amide bonds. The van der Waals surface area contributed by atoms with Crippen LogP contribution in [-0.4, -0.2) is 15.4 Å². The van der Waals surface area contributed by atoms with Crippen molar-refractivity contribution in [2.75, 3.05) is 5.88 Å². The Bertz CT molecular complexity index is 629. The smallest absolute Gasteiger partial charge is 0.111 e. The van der Waals surface area contributed by atoms with Crippen molar-refractivity contribution in [1.29, 1.82) is 0 Å². The van der Waals surface area contributed by atoms with Crippen LogP contribution in [-0.2, 0) is 13.0 Å². The fourth-order valence-electron chi connectivity index (χ4n) is 3.55. The van der Waals surface area contributed by atoms with Crippen LogP contribution in [0.3, 0.4) is 0 Å². The van der Waals surface area contributed by atoms with Gasteiger partial charge in [0.05, 0.1) is 11.0 Å². The number of alkyl halides is 1. The molecule has 4 heteroatoms. The number of halogens is 2. The van der Waals surface area contributed by atoms with Crippen molar-refractivity contribution in [2.24, 2.45) is 5.41 Å². The molecule has 1 aromatic carbocycles. The molecule has 2 aromatic rings. The second kappa shape index (κ2) is 6.45. The van der Waals surface area contributed by atoms with Gasteiger partial charge in [0.1, 0.15) is 5.82 Å². The lowest BCUT2D eigenvalue weighted by Crippen LogP contribution is -2.27. The minimum Gasteiger partial charge on any atom is -0.327 e. The van der Waals surface area contributed by atoms with E-state index in [1.54, 1.807) is 0 Å². The third-order valence-corrected chi connectivity index (χ3v) is 5.57. The molecular formula is C17H22ClIN2. The van der Waals surface area contributed by atoms with E-state index in [4.69, 9.17) is 16.6 Å². The van der Waals surface area contributed by atoms with Crippen LogP contribution >= 0.6 is 34.2 Å². The van der Waals surface area contributed by atoms with Gasteiger partial charge in [0, 0.05) is 22.4 Å². The van der Waals surface area contributed by atoms with Crippen molar-refractivity contribution in [2.45, 2.75) is 52.0 Å². The van der Waals surface area contributed by atoms with E-state index in [0.717, 1.165) is 24.3 Å². The van der Waals surface area contributed by atoms with Crippen LogP contribution in [0.1, 0.15) is 44.9 Å². The lowest BCUT2D eigenvalue weighted by atomic mass is 9.75. The highest BCUT2D eigenvalue weighted by Crippen LogP contribution is 2.38. The van der Waals surface area contributed by atoms with Gasteiger partial charge < -0.3 is 4.57 Å². The predicted molar refractivity (Wildman–Crippen MR) is 98.1 cm³/mol. The van der Waals surface area contributed by atoms with E-state index in [0.29, 0.717) is 11.3 Å². The maximum Gasteiger partial charge on any atom is 0.111 e. The van der Waals surface area contributed by atoms with E-state index >= 15 is 0 Å². The normalized spacial score (nSPS) is 18.2. The molecule has 3 rings (SSSR count). The van der Waals surface area contributed by atoms with Crippen molar-refractivity contribution >= 4 is 45.2 Å². The number of aryl methyl sites for hydroxylation is 1. The molecule has 0 aliphatic heterocycles. The molecule has 1 aliphatic carbocycles. The second-order valence-electron chi connectivity index (χ2n) is 6.56. The molecule has 1 saturated carbocycles. The first-order valence-electron chi connectivity index (χ1n) is 7.82. The van der Waals surface area contributed by atoms with Gasteiger partial charge in [-0.2, -0.15) is 0 Å². The summed E-state index contributed by atoms with van der Waals surface area (Å²) in [4.78, 5) is 4.83. The maximum atomic E-state index is 5.99. The van der Waals surface area contributed by atoms with Gasteiger partial charge in [0.15, 0.2) is 0 Å². The Morgan fingerprint density at radius 2 is 2.05 bits per heavy atom. The third kappa shape index (κ3) is 3.39. The van der Waals surface area contributed by atoms with Gasteiger partial charge in [0.25, 0.3) is 0 Å². The van der Waals surface area contributed by atoms with Crippen molar-refractivity contribution in [1.82, 2.24) is 9.55 Å². The molecule has 0 spiro atoms. The number of hydrogen-bond donors (Lipinski definition) is 0. The van der Waals surface area contributed by atoms with Gasteiger partial charge in [-0.3, -0.25) is 0 Å². The van der Waals surface area contributed by atoms with E-state index < -0.39 is 0 Å². The Labute approximate surface area is 145 Å². The van der Waals surface area contributed by atoms with Crippen molar-refractivity contribution in [3.63, 3.8) is 0 Å². The van der Waals surface area contributed by atoms with E-state index in [9.17, 15) is 0 Å². The summed E-state index contributed by atoms with van der Waals surface area (Å²) in [5.41, 5.74) is 2.79. The molecule has 1 aliphatic rings. The number of nitrogens with zero attached hydrogens (tertiary/aromatic N) is 2. The highest BCUT2D eigenvalue weighted by atomic mass is 127. The van der Waals surface area contributed by atoms with Crippen LogP contribution in [0.15, 0.2) is 18.2 Å². The van der Waals surface area contributed by atoms with Crippen LogP contribution in [0.2, 0.25) is 0 Å². The van der Waals surface area contributed by atoms with E-state index in [1.165, 1.54) is 41.2 Å². The third-order valence-electron chi connectivity index (χ3n) is 4.71. The number of fused-ring (bicyclic) bond motifs is 1. The van der Waals surface area contributed by atoms with Gasteiger partial charge in [-0.15, -0.1) is 11.6 Å². The molecule has 114 valence electrons. The first-order valence-corrected chi connectivity index (χ1v) is 9.43. The van der Waals surface area contributed by atoms with Gasteiger partial charge >= 0.3 is 0 Å². The number of rotatable bonds is 4. The lowest BCUT2D eigenvalue weighted by Gasteiger charge is -2.34. The topological polar surface area (TPSA) is 17.8 Å². The molecule has 0 saturated heterocycles. The SMILES string of the molecule is CC1(Cn2c(CCCl)nc3cc(I)ccc32)CCCCC1. The van der Waals surface area contributed by atoms with Crippen molar-refractivity contribution < 1.29 is 0 Å². The molecule has 1 aromatic heterocycles. The monoisotopic (exact) mass is 416 g/mol. The molecule has 0 unspecified atom stereocenters. The number of aromatic nitrogens is 2. The van der Waals surface area contributed by atoms with Crippen LogP contribution in [0.4, 0.5) is 0 Å². The Balaban J connectivity index is 2.00. The minimum absolute atomic E-state index is 0.413. The van der Waals surface area contributed by atoms with E-state index in [2.05, 4.69) is 52.3 Å². The molecule has 0 radical (unpaired) electrons. The quantitative estimate of drug-likeness (QED) is 0.482. The molecule has 0 bridgehead atoms. The van der Waals surface area contributed by atoms with Crippen LogP contribution in [0, 0.1) is 8.99 Å². The zero-order valence-corrected chi connectivity index (χ0v) is 15.5. The molecule has 0 N–H and O–H groups in total. The van der Waals surface area contributed by atoms with Crippen LogP contribution in [0.5, 0.6) is 0 Å². The van der Waals surface area contributed by atoms with E-state index in [-0.39, 0.29) is 0 Å². The zero-order chi connectivity index (χ0) is 14.9. The minimum atomic E-state index is 0.413. The van der Waals surface area contributed by atoms with Crippen LogP contribution < -0.4 is 0 Å². The Hall–Kier alpha value is -0.290. The Morgan fingerprint density at radius 1 is 1.29 bits per heavy atom. The van der Waals surface area contributed by atoms with Crippen molar-refractivity contribution in [3.05, 3.63) is 27.6 Å². The van der Waals surface area contributed by atoms with Gasteiger partial charge in [-0.25, -0.2) is 4.98 Å². The van der Waals surface area contributed by atoms with Gasteiger partial charge in [0.2, 0.25) is 0 Å². The van der Waals surface area contributed by atoms with Gasteiger partial charge in [-0.05, 0) is 59.0 Å². The Morgan fingerprint density at radius 3 is 2.76 bits per heavy atom. The first-order chi connectivity index (χ1) is 10.1. The fraction of sp³-hybridized carbons (Fsp3) is 0.588. The summed E-state index contributed by atoms with van der Waals surface area (Å²) < 4.78 is 3.67. The molecular weight excluding hydrogens is 395 g/mol. The lowest BCUT2D eigenvalue weighted by molar-refractivity contribution is 0.183. The molecule has 0 atom stereocenters. The molecule has 2 nitrogen and oxygen atoms in total. The number of hydrogen-bond acceptors (Lipinski definition) is 1. The number of imidazole rings is 1. The molecule has 1 heterocycles. The second-order valence-corrected chi connectivity index (χ2v) is 8.18. The highest BCUT2D eigenvalue weighted by Gasteiger charge is 2.28. The highest BCUT2D eigenvalue weighted by molar-refractivity contribution is 14.1. The average Bonchev–Trinajstić information content (AvgIpc) is 2.76. The number of benzene rings is 1. The summed E-state index contributed by atoms with van der Waals surface area (Å²) in [5.74, 6) is 1.78. The van der Waals surface area contributed by atoms with Gasteiger partial charge in [-0.1, -0.05) is 26.2 Å². The Kier molecular flexibility index (Phi) is 4.79. The van der Waals surface area contributed by atoms with Crippen molar-refractivity contribution in [3.8, 4) is 0 Å².